The van der Waals surface area contributed by atoms with Crippen LogP contribution >= 0.6 is 0 Å². The second-order valence-corrected chi connectivity index (χ2v) is 5.93. The maximum atomic E-state index is 5.54. The second-order valence-electron chi connectivity index (χ2n) is 5.93. The molecule has 0 spiro atoms. The third kappa shape index (κ3) is 4.61. The van der Waals surface area contributed by atoms with E-state index in [-0.39, 0.29) is 5.41 Å². The molecular formula is C19H25NO. The Hall–Kier alpha value is -1.80. The van der Waals surface area contributed by atoms with Crippen molar-refractivity contribution in [3.8, 4) is 5.75 Å². The molecule has 21 heavy (non-hydrogen) atoms. The Morgan fingerprint density at radius 2 is 1.76 bits per heavy atom. The predicted octanol–water partition coefficient (Wildman–Crippen LogP) is 4.15. The molecule has 2 aromatic carbocycles. The molecular weight excluding hydrogens is 258 g/mol. The van der Waals surface area contributed by atoms with Crippen LogP contribution in [0.4, 0.5) is 0 Å². The molecule has 112 valence electrons. The molecule has 0 aliphatic carbocycles. The normalized spacial score (nSPS) is 11.4. The highest BCUT2D eigenvalue weighted by Gasteiger charge is 2.19. The largest absolute Gasteiger partial charge is 0.494 e. The number of rotatable bonds is 7. The van der Waals surface area contributed by atoms with Gasteiger partial charge >= 0.3 is 0 Å². The average molecular weight is 283 g/mol. The Bertz CT molecular complexity index is 549. The SMILES string of the molecule is CCOc1cccc(CNCC(C)(C)c2ccccc2)c1. The summed E-state index contributed by atoms with van der Waals surface area (Å²) in [4.78, 5) is 0. The highest BCUT2D eigenvalue weighted by molar-refractivity contribution is 5.28. The van der Waals surface area contributed by atoms with Crippen LogP contribution in [-0.4, -0.2) is 13.2 Å². The number of ether oxygens (including phenoxy) is 1. The molecule has 0 amide bonds. The Morgan fingerprint density at radius 1 is 1.00 bits per heavy atom. The molecule has 0 atom stereocenters. The molecule has 1 N–H and O–H groups in total. The molecule has 0 aliphatic rings. The number of hydrogen-bond acceptors (Lipinski definition) is 2. The molecule has 0 unspecified atom stereocenters. The molecule has 0 aliphatic heterocycles. The lowest BCUT2D eigenvalue weighted by molar-refractivity contribution is 0.339. The predicted molar refractivity (Wildman–Crippen MR) is 88.8 cm³/mol. The summed E-state index contributed by atoms with van der Waals surface area (Å²) in [5.74, 6) is 0.944. The maximum Gasteiger partial charge on any atom is 0.119 e. The molecule has 0 bridgehead atoms. The van der Waals surface area contributed by atoms with Crippen LogP contribution < -0.4 is 10.1 Å². The van der Waals surface area contributed by atoms with Gasteiger partial charge in [-0.05, 0) is 30.2 Å². The molecule has 0 heterocycles. The number of benzene rings is 2. The quantitative estimate of drug-likeness (QED) is 0.824. The van der Waals surface area contributed by atoms with E-state index in [1.165, 1.54) is 11.1 Å². The molecule has 0 saturated heterocycles. The van der Waals surface area contributed by atoms with Crippen molar-refractivity contribution in [3.63, 3.8) is 0 Å². The zero-order chi connectivity index (χ0) is 15.1. The van der Waals surface area contributed by atoms with Gasteiger partial charge in [-0.1, -0.05) is 56.3 Å². The van der Waals surface area contributed by atoms with Crippen LogP contribution in [0.25, 0.3) is 0 Å². The minimum atomic E-state index is 0.124. The third-order valence-corrected chi connectivity index (χ3v) is 3.66. The van der Waals surface area contributed by atoms with E-state index in [1.54, 1.807) is 0 Å². The van der Waals surface area contributed by atoms with E-state index in [9.17, 15) is 0 Å². The van der Waals surface area contributed by atoms with Gasteiger partial charge in [0.05, 0.1) is 6.61 Å². The zero-order valence-electron chi connectivity index (χ0n) is 13.2. The highest BCUT2D eigenvalue weighted by atomic mass is 16.5. The van der Waals surface area contributed by atoms with Gasteiger partial charge in [-0.3, -0.25) is 0 Å². The van der Waals surface area contributed by atoms with E-state index in [4.69, 9.17) is 4.74 Å². The van der Waals surface area contributed by atoms with Crippen molar-refractivity contribution in [3.05, 3.63) is 65.7 Å². The van der Waals surface area contributed by atoms with Crippen LogP contribution in [0.15, 0.2) is 54.6 Å². The van der Waals surface area contributed by atoms with Gasteiger partial charge < -0.3 is 10.1 Å². The smallest absolute Gasteiger partial charge is 0.119 e. The van der Waals surface area contributed by atoms with Crippen molar-refractivity contribution in [2.75, 3.05) is 13.2 Å². The third-order valence-electron chi connectivity index (χ3n) is 3.66. The van der Waals surface area contributed by atoms with Crippen molar-refractivity contribution in [1.29, 1.82) is 0 Å². The molecule has 2 nitrogen and oxygen atoms in total. The molecule has 2 heteroatoms. The fourth-order valence-electron chi connectivity index (χ4n) is 2.42. The van der Waals surface area contributed by atoms with Gasteiger partial charge in [0.15, 0.2) is 0 Å². The molecule has 0 saturated carbocycles. The average Bonchev–Trinajstić information content (AvgIpc) is 2.49. The van der Waals surface area contributed by atoms with Gasteiger partial charge in [-0.25, -0.2) is 0 Å². The first-order chi connectivity index (χ1) is 10.1. The van der Waals surface area contributed by atoms with Gasteiger partial charge in [-0.15, -0.1) is 0 Å². The van der Waals surface area contributed by atoms with E-state index < -0.39 is 0 Å². The summed E-state index contributed by atoms with van der Waals surface area (Å²) in [5, 5.41) is 3.55. The first-order valence-electron chi connectivity index (χ1n) is 7.60. The maximum absolute atomic E-state index is 5.54. The first kappa shape index (κ1) is 15.6. The summed E-state index contributed by atoms with van der Waals surface area (Å²) < 4.78 is 5.54. The fraction of sp³-hybridized carbons (Fsp3) is 0.368. The Balaban J connectivity index is 1.90. The number of hydrogen-bond donors (Lipinski definition) is 1. The van der Waals surface area contributed by atoms with E-state index >= 15 is 0 Å². The van der Waals surface area contributed by atoms with Crippen molar-refractivity contribution >= 4 is 0 Å². The van der Waals surface area contributed by atoms with E-state index in [0.29, 0.717) is 6.61 Å². The van der Waals surface area contributed by atoms with Crippen LogP contribution in [0, 0.1) is 0 Å². The molecule has 0 aromatic heterocycles. The Morgan fingerprint density at radius 3 is 2.48 bits per heavy atom. The topological polar surface area (TPSA) is 21.3 Å². The molecule has 2 aromatic rings. The summed E-state index contributed by atoms with van der Waals surface area (Å²) in [6, 6.07) is 18.9. The summed E-state index contributed by atoms with van der Waals surface area (Å²) in [6.07, 6.45) is 0. The summed E-state index contributed by atoms with van der Waals surface area (Å²) in [6.45, 7) is 9.05. The van der Waals surface area contributed by atoms with Crippen molar-refractivity contribution < 1.29 is 4.74 Å². The highest BCUT2D eigenvalue weighted by Crippen LogP contribution is 2.22. The monoisotopic (exact) mass is 283 g/mol. The minimum absolute atomic E-state index is 0.124. The molecule has 0 fully saturated rings. The van der Waals surface area contributed by atoms with E-state index in [0.717, 1.165) is 18.8 Å². The summed E-state index contributed by atoms with van der Waals surface area (Å²) >= 11 is 0. The lowest BCUT2D eigenvalue weighted by Crippen LogP contribution is -2.32. The minimum Gasteiger partial charge on any atom is -0.494 e. The Labute approximate surface area is 128 Å². The van der Waals surface area contributed by atoms with Crippen LogP contribution in [0.5, 0.6) is 5.75 Å². The summed E-state index contributed by atoms with van der Waals surface area (Å²) in [7, 11) is 0. The van der Waals surface area contributed by atoms with Crippen molar-refractivity contribution in [1.82, 2.24) is 5.32 Å². The standard InChI is InChI=1S/C19H25NO/c1-4-21-18-12-8-9-16(13-18)14-20-15-19(2,3)17-10-6-5-7-11-17/h5-13,20H,4,14-15H2,1-3H3. The Kier molecular flexibility index (Phi) is 5.40. The van der Waals surface area contributed by atoms with Crippen molar-refractivity contribution in [2.24, 2.45) is 0 Å². The van der Waals surface area contributed by atoms with E-state index in [2.05, 4.69) is 61.6 Å². The lowest BCUT2D eigenvalue weighted by atomic mass is 9.84. The molecule has 2 rings (SSSR count). The van der Waals surface area contributed by atoms with Crippen LogP contribution in [0.2, 0.25) is 0 Å². The second kappa shape index (κ2) is 7.28. The van der Waals surface area contributed by atoms with Gasteiger partial charge in [0.2, 0.25) is 0 Å². The van der Waals surface area contributed by atoms with Gasteiger partial charge in [-0.2, -0.15) is 0 Å². The molecule has 0 radical (unpaired) electrons. The van der Waals surface area contributed by atoms with Crippen LogP contribution in [0.3, 0.4) is 0 Å². The van der Waals surface area contributed by atoms with E-state index in [1.807, 2.05) is 19.1 Å². The lowest BCUT2D eigenvalue weighted by Gasteiger charge is -2.25. The fourth-order valence-corrected chi connectivity index (χ4v) is 2.42. The van der Waals surface area contributed by atoms with Crippen LogP contribution in [-0.2, 0) is 12.0 Å². The van der Waals surface area contributed by atoms with Gasteiger partial charge in [0.1, 0.15) is 5.75 Å². The van der Waals surface area contributed by atoms with Crippen molar-refractivity contribution in [2.45, 2.75) is 32.7 Å². The van der Waals surface area contributed by atoms with Crippen LogP contribution in [0.1, 0.15) is 31.9 Å². The zero-order valence-corrected chi connectivity index (χ0v) is 13.2. The number of nitrogens with one attached hydrogen (secondary N) is 1. The van der Waals surface area contributed by atoms with Gasteiger partial charge in [0.25, 0.3) is 0 Å². The summed E-state index contributed by atoms with van der Waals surface area (Å²) in [5.41, 5.74) is 2.74. The first-order valence-corrected chi connectivity index (χ1v) is 7.60. The van der Waals surface area contributed by atoms with Gasteiger partial charge in [0, 0.05) is 18.5 Å².